The number of nitrogens with one attached hydrogen (secondary N) is 2. The molecule has 2 heterocycles. The molecular weight excluding hydrogens is 598 g/mol. The highest BCUT2D eigenvalue weighted by atomic mass is 35.5. The molecule has 3 N–H and O–H groups in total. The first-order chi connectivity index (χ1) is 20.7. The lowest BCUT2D eigenvalue weighted by Crippen LogP contribution is -2.41. The first kappa shape index (κ1) is 30.6. The van der Waals surface area contributed by atoms with Gasteiger partial charge in [0.15, 0.2) is 5.69 Å². The Bertz CT molecular complexity index is 1730. The van der Waals surface area contributed by atoms with Crippen molar-refractivity contribution < 1.29 is 19.0 Å². The van der Waals surface area contributed by atoms with Gasteiger partial charge in [-0.3, -0.25) is 9.59 Å². The van der Waals surface area contributed by atoms with Gasteiger partial charge in [-0.05, 0) is 31.0 Å². The highest BCUT2D eigenvalue weighted by Crippen LogP contribution is 2.42. The zero-order valence-corrected chi connectivity index (χ0v) is 24.9. The summed E-state index contributed by atoms with van der Waals surface area (Å²) in [5.74, 6) is -1.15. The number of benzene rings is 2. The van der Waals surface area contributed by atoms with E-state index >= 15 is 0 Å². The van der Waals surface area contributed by atoms with Crippen LogP contribution in [-0.4, -0.2) is 50.0 Å². The number of rotatable bonds is 8. The van der Waals surface area contributed by atoms with Gasteiger partial charge in [0, 0.05) is 41.9 Å². The molecule has 224 valence electrons. The van der Waals surface area contributed by atoms with E-state index < -0.39 is 23.0 Å². The predicted molar refractivity (Wildman–Crippen MR) is 162 cm³/mol. The molecule has 0 unspecified atom stereocenters. The molecule has 5 rings (SSSR count). The molecule has 1 fully saturated rings. The molecule has 13 heteroatoms. The highest BCUT2D eigenvalue weighted by molar-refractivity contribution is 6.39. The number of hydrogen-bond acceptors (Lipinski definition) is 8. The van der Waals surface area contributed by atoms with Crippen LogP contribution >= 0.6 is 23.2 Å². The van der Waals surface area contributed by atoms with Crippen LogP contribution in [-0.2, 0) is 13.6 Å². The minimum atomic E-state index is -0.870. The van der Waals surface area contributed by atoms with Gasteiger partial charge in [0.05, 0.1) is 34.6 Å². The second-order valence-corrected chi connectivity index (χ2v) is 10.9. The Morgan fingerprint density at radius 1 is 1.12 bits per heavy atom. The quantitative estimate of drug-likeness (QED) is 0.249. The first-order valence-corrected chi connectivity index (χ1v) is 14.4. The van der Waals surface area contributed by atoms with Crippen LogP contribution in [0, 0.1) is 5.82 Å². The van der Waals surface area contributed by atoms with Crippen molar-refractivity contribution in [1.29, 1.82) is 0 Å². The maximum Gasteiger partial charge on any atom is 0.298 e. The molecule has 1 saturated carbocycles. The Morgan fingerprint density at radius 3 is 2.65 bits per heavy atom. The van der Waals surface area contributed by atoms with E-state index in [1.54, 1.807) is 18.2 Å². The number of aliphatic hydroxyl groups is 1. The second-order valence-electron chi connectivity index (χ2n) is 10.2. The van der Waals surface area contributed by atoms with Crippen molar-refractivity contribution in [3.05, 3.63) is 86.3 Å². The van der Waals surface area contributed by atoms with Gasteiger partial charge in [-0.25, -0.2) is 19.0 Å². The fraction of sp³-hybridized carbons (Fsp3) is 0.300. The van der Waals surface area contributed by atoms with Crippen LogP contribution in [0.1, 0.15) is 41.7 Å². The van der Waals surface area contributed by atoms with Gasteiger partial charge in [0.1, 0.15) is 12.1 Å². The summed E-state index contributed by atoms with van der Waals surface area (Å²) in [6, 6.07) is 11.1. The van der Waals surface area contributed by atoms with Crippen LogP contribution in [0.4, 0.5) is 10.1 Å². The van der Waals surface area contributed by atoms with E-state index in [9.17, 15) is 19.1 Å². The van der Waals surface area contributed by atoms with Crippen LogP contribution in [0.2, 0.25) is 10.0 Å². The topological polar surface area (TPSA) is 131 Å². The summed E-state index contributed by atoms with van der Waals surface area (Å²) in [4.78, 5) is 33.5. The molecule has 0 saturated heterocycles. The number of methoxy groups -OCH3 is 1. The molecule has 4 aromatic rings. The summed E-state index contributed by atoms with van der Waals surface area (Å²) in [5.41, 5.74) is 1.30. The summed E-state index contributed by atoms with van der Waals surface area (Å²) < 4.78 is 21.3. The number of carbonyl (C=O) groups excluding carboxylic acids is 1. The standard InChI is InChI=1S/C30H29Cl2FN6O4/c1-39-30(42)27(35-15-36-39)28(41)37-23-13-17(33)12-20(26(23)32)18-6-5-7-19(25(18)31)21-11-10-16(29(38-21)43-2)14-34-22-8-3-4-9-24(22)40/h5-7,10-13,15,22,24,34,40H,3-4,8-9,14H2,1-2H3,(H,37,41)/t22-,24+/m1/s1. The number of aromatic nitrogens is 4. The maximum absolute atomic E-state index is 14.8. The molecule has 1 aliphatic carbocycles. The van der Waals surface area contributed by atoms with E-state index in [0.717, 1.165) is 48.3 Å². The zero-order chi connectivity index (χ0) is 30.7. The van der Waals surface area contributed by atoms with Gasteiger partial charge in [0.2, 0.25) is 5.88 Å². The van der Waals surface area contributed by atoms with Crippen LogP contribution in [0.5, 0.6) is 5.88 Å². The molecule has 1 amide bonds. The van der Waals surface area contributed by atoms with Crippen molar-refractivity contribution in [3.8, 4) is 28.3 Å². The lowest BCUT2D eigenvalue weighted by atomic mass is 9.92. The summed E-state index contributed by atoms with van der Waals surface area (Å²) in [7, 11) is 2.91. The largest absolute Gasteiger partial charge is 0.481 e. The number of aryl methyl sites for hydroxylation is 1. The molecule has 0 bridgehead atoms. The van der Waals surface area contributed by atoms with E-state index in [2.05, 4.69) is 25.7 Å². The van der Waals surface area contributed by atoms with Crippen LogP contribution < -0.4 is 20.9 Å². The van der Waals surface area contributed by atoms with Crippen molar-refractivity contribution in [1.82, 2.24) is 25.1 Å². The van der Waals surface area contributed by atoms with Gasteiger partial charge in [-0.2, -0.15) is 5.10 Å². The summed E-state index contributed by atoms with van der Waals surface area (Å²) in [6.07, 6.45) is 4.48. The minimum Gasteiger partial charge on any atom is -0.481 e. The van der Waals surface area contributed by atoms with Gasteiger partial charge in [-0.1, -0.05) is 60.3 Å². The number of ether oxygens (including phenoxy) is 1. The predicted octanol–water partition coefficient (Wildman–Crippen LogP) is 5.00. The third-order valence-electron chi connectivity index (χ3n) is 7.39. The number of aliphatic hydroxyl groups excluding tert-OH is 1. The van der Waals surface area contributed by atoms with E-state index in [-0.39, 0.29) is 33.4 Å². The monoisotopic (exact) mass is 626 g/mol. The Kier molecular flexibility index (Phi) is 9.36. The SMILES string of the molecule is COc1nc(-c2cccc(-c3cc(F)cc(NC(=O)c4ncnn(C)c4=O)c3Cl)c2Cl)ccc1CN[C@@H]1CCCC[C@@H]1O. The van der Waals surface area contributed by atoms with Crippen LogP contribution in [0.15, 0.2) is 53.6 Å². The van der Waals surface area contributed by atoms with Crippen LogP contribution in [0.3, 0.4) is 0 Å². The molecule has 1 aliphatic rings. The summed E-state index contributed by atoms with van der Waals surface area (Å²) in [5, 5.41) is 20.1. The number of anilines is 1. The van der Waals surface area contributed by atoms with Crippen molar-refractivity contribution in [2.45, 2.75) is 44.4 Å². The third kappa shape index (κ3) is 6.54. The Labute approximate surface area is 256 Å². The van der Waals surface area contributed by atoms with Gasteiger partial charge in [-0.15, -0.1) is 0 Å². The number of hydrogen-bond donors (Lipinski definition) is 3. The Hall–Kier alpha value is -3.90. The summed E-state index contributed by atoms with van der Waals surface area (Å²) >= 11 is 13.5. The number of amides is 1. The fourth-order valence-corrected chi connectivity index (χ4v) is 5.68. The smallest absolute Gasteiger partial charge is 0.298 e. The Morgan fingerprint density at radius 2 is 1.88 bits per heavy atom. The average Bonchev–Trinajstić information content (AvgIpc) is 3.00. The van der Waals surface area contributed by atoms with E-state index in [1.165, 1.54) is 20.2 Å². The second kappa shape index (κ2) is 13.2. The number of carbonyl (C=O) groups is 1. The van der Waals surface area contributed by atoms with Gasteiger partial charge >= 0.3 is 0 Å². The lowest BCUT2D eigenvalue weighted by Gasteiger charge is -2.28. The molecule has 0 radical (unpaired) electrons. The number of halogens is 3. The number of nitrogens with zero attached hydrogens (tertiary/aromatic N) is 4. The molecule has 2 aromatic heterocycles. The molecule has 43 heavy (non-hydrogen) atoms. The summed E-state index contributed by atoms with van der Waals surface area (Å²) in [6.45, 7) is 0.473. The fourth-order valence-electron chi connectivity index (χ4n) is 5.09. The highest BCUT2D eigenvalue weighted by Gasteiger charge is 2.24. The van der Waals surface area contributed by atoms with Crippen molar-refractivity contribution >= 4 is 34.8 Å². The van der Waals surface area contributed by atoms with Crippen molar-refractivity contribution in [2.75, 3.05) is 12.4 Å². The molecule has 0 spiro atoms. The molecule has 2 aromatic carbocycles. The molecule has 2 atom stereocenters. The molecule has 0 aliphatic heterocycles. The Balaban J connectivity index is 1.44. The van der Waals surface area contributed by atoms with Crippen molar-refractivity contribution in [2.24, 2.45) is 7.05 Å². The third-order valence-corrected chi connectivity index (χ3v) is 8.20. The lowest BCUT2D eigenvalue weighted by molar-refractivity contribution is 0.0901. The molecule has 10 nitrogen and oxygen atoms in total. The maximum atomic E-state index is 14.8. The van der Waals surface area contributed by atoms with Crippen molar-refractivity contribution in [3.63, 3.8) is 0 Å². The first-order valence-electron chi connectivity index (χ1n) is 13.6. The molecular formula is C30H29Cl2FN6O4. The zero-order valence-electron chi connectivity index (χ0n) is 23.4. The van der Waals surface area contributed by atoms with E-state index in [0.29, 0.717) is 29.2 Å². The average molecular weight is 628 g/mol. The van der Waals surface area contributed by atoms with Crippen LogP contribution in [0.25, 0.3) is 22.4 Å². The normalized spacial score (nSPS) is 16.6. The number of pyridine rings is 1. The van der Waals surface area contributed by atoms with Gasteiger partial charge < -0.3 is 20.5 Å². The van der Waals surface area contributed by atoms with Gasteiger partial charge in [0.25, 0.3) is 11.5 Å². The minimum absolute atomic E-state index is 0.0107. The van der Waals surface area contributed by atoms with E-state index in [4.69, 9.17) is 27.9 Å². The van der Waals surface area contributed by atoms with E-state index in [1.807, 2.05) is 12.1 Å².